The van der Waals surface area contributed by atoms with Crippen molar-refractivity contribution in [1.82, 2.24) is 4.90 Å². The molecule has 1 fully saturated rings. The topological polar surface area (TPSA) is 127 Å². The van der Waals surface area contributed by atoms with Gasteiger partial charge in [0.05, 0.1) is 24.9 Å². The molecule has 1 saturated heterocycles. The number of carbonyl (C=O) groups excluding carboxylic acids is 4. The van der Waals surface area contributed by atoms with E-state index in [1.807, 2.05) is 7.05 Å². The van der Waals surface area contributed by atoms with Crippen molar-refractivity contribution in [2.45, 2.75) is 213 Å². The van der Waals surface area contributed by atoms with Gasteiger partial charge < -0.3 is 33.3 Å². The van der Waals surface area contributed by atoms with E-state index in [-0.39, 0.29) is 56.0 Å². The van der Waals surface area contributed by atoms with Crippen LogP contribution in [0.25, 0.3) is 0 Å². The minimum Gasteiger partial charge on any atom is -0.466 e. The van der Waals surface area contributed by atoms with Crippen molar-refractivity contribution in [3.63, 3.8) is 0 Å². The molecule has 0 spiro atoms. The van der Waals surface area contributed by atoms with Gasteiger partial charge in [-0.1, -0.05) is 143 Å². The maximum atomic E-state index is 12.9. The predicted molar refractivity (Wildman–Crippen MR) is 235 cm³/mol. The van der Waals surface area contributed by atoms with Gasteiger partial charge in [-0.15, -0.1) is 0 Å². The molecular weight excluding hydrogens is 751 g/mol. The van der Waals surface area contributed by atoms with Crippen molar-refractivity contribution in [3.05, 3.63) is 0 Å². The summed E-state index contributed by atoms with van der Waals surface area (Å²) in [5.74, 6) is -1.71. The van der Waals surface area contributed by atoms with Crippen molar-refractivity contribution < 1.29 is 47.6 Å². The van der Waals surface area contributed by atoms with Crippen molar-refractivity contribution in [3.8, 4) is 0 Å². The lowest BCUT2D eigenvalue weighted by Crippen LogP contribution is -2.29. The van der Waals surface area contributed by atoms with Crippen molar-refractivity contribution in [1.29, 1.82) is 0 Å². The first-order valence-electron chi connectivity index (χ1n) is 24.3. The lowest BCUT2D eigenvalue weighted by molar-refractivity contribution is -0.162. The van der Waals surface area contributed by atoms with Gasteiger partial charge in [-0.05, 0) is 52.1 Å². The maximum Gasteiger partial charge on any atom is 0.310 e. The monoisotopic (exact) mass is 840 g/mol. The fourth-order valence-electron chi connectivity index (χ4n) is 7.19. The summed E-state index contributed by atoms with van der Waals surface area (Å²) in [5, 5.41) is 0. The smallest absolute Gasteiger partial charge is 0.310 e. The highest BCUT2D eigenvalue weighted by atomic mass is 16.7. The first-order chi connectivity index (χ1) is 28.8. The molecule has 0 saturated carbocycles. The zero-order valence-electron chi connectivity index (χ0n) is 38.4. The van der Waals surface area contributed by atoms with Crippen molar-refractivity contribution >= 4 is 23.9 Å². The van der Waals surface area contributed by atoms with E-state index in [0.717, 1.165) is 83.6 Å². The zero-order chi connectivity index (χ0) is 43.0. The van der Waals surface area contributed by atoms with Crippen LogP contribution in [0.5, 0.6) is 0 Å². The second kappa shape index (κ2) is 39.9. The molecule has 0 radical (unpaired) electrons. The quantitative estimate of drug-likeness (QED) is 0.0252. The number of ether oxygens (including phenoxy) is 6. The van der Waals surface area contributed by atoms with Crippen LogP contribution in [0.15, 0.2) is 0 Å². The first-order valence-corrected chi connectivity index (χ1v) is 24.3. The molecule has 11 nitrogen and oxygen atoms in total. The Morgan fingerprint density at radius 2 is 0.898 bits per heavy atom. The first kappa shape index (κ1) is 54.8. The van der Waals surface area contributed by atoms with E-state index >= 15 is 0 Å². The van der Waals surface area contributed by atoms with E-state index < -0.39 is 12.2 Å². The van der Waals surface area contributed by atoms with Crippen molar-refractivity contribution in [2.75, 3.05) is 59.8 Å². The Labute approximate surface area is 360 Å². The molecule has 0 amide bonds. The molecule has 0 aliphatic carbocycles. The van der Waals surface area contributed by atoms with E-state index in [9.17, 15) is 19.2 Å². The third kappa shape index (κ3) is 34.1. The lowest BCUT2D eigenvalue weighted by atomic mass is 10.1. The van der Waals surface area contributed by atoms with Crippen LogP contribution in [-0.2, 0) is 47.6 Å². The maximum absolute atomic E-state index is 12.9. The predicted octanol–water partition coefficient (Wildman–Crippen LogP) is 11.1. The number of likely N-dealkylation sites (tertiary alicyclic amines) is 1. The van der Waals surface area contributed by atoms with Crippen LogP contribution in [-0.4, -0.2) is 94.8 Å². The van der Waals surface area contributed by atoms with E-state index in [0.29, 0.717) is 52.0 Å². The highest BCUT2D eigenvalue weighted by Crippen LogP contribution is 2.18. The third-order valence-corrected chi connectivity index (χ3v) is 11.1. The summed E-state index contributed by atoms with van der Waals surface area (Å²) < 4.78 is 34.4. The average Bonchev–Trinajstić information content (AvgIpc) is 3.68. The molecule has 0 bridgehead atoms. The van der Waals surface area contributed by atoms with Gasteiger partial charge in [-0.3, -0.25) is 19.2 Å². The molecule has 2 atom stereocenters. The minimum atomic E-state index is -0.466. The molecule has 59 heavy (non-hydrogen) atoms. The standard InChI is InChI=1S/C48H89NO10/c1-5-8-11-14-21-26-35-54-44(50)29-24-19-17-18-20-25-30-45(51)57-39-42(41-59-48(53)43-33-34-49(4)38-43)40-58-46(52)31-32-47(55-36-27-22-15-12-9-6-2)56-37-28-23-16-13-10-7-3/h42-43,47H,5-41H2,1-4H3. The highest BCUT2D eigenvalue weighted by Gasteiger charge is 2.28. The molecule has 1 heterocycles. The summed E-state index contributed by atoms with van der Waals surface area (Å²) in [5.41, 5.74) is 0. The second-order valence-corrected chi connectivity index (χ2v) is 17.0. The SMILES string of the molecule is CCCCCCCCOC(=O)CCCCCCCCC(=O)OCC(COC(=O)CCC(OCCCCCCCC)OCCCCCCCC)COC(=O)C1CCN(C)C1. The summed E-state index contributed by atoms with van der Waals surface area (Å²) in [6.45, 7) is 9.88. The Kier molecular flexibility index (Phi) is 37.0. The molecule has 0 aromatic heterocycles. The number of hydrogen-bond donors (Lipinski definition) is 0. The molecule has 346 valence electrons. The summed E-state index contributed by atoms with van der Waals surface area (Å²) >= 11 is 0. The molecular formula is C48H89NO10. The summed E-state index contributed by atoms with van der Waals surface area (Å²) in [7, 11) is 1.98. The van der Waals surface area contributed by atoms with Gasteiger partial charge in [0.1, 0.15) is 19.8 Å². The molecule has 1 aliphatic rings. The van der Waals surface area contributed by atoms with Gasteiger partial charge in [0, 0.05) is 39.0 Å². The largest absolute Gasteiger partial charge is 0.466 e. The third-order valence-electron chi connectivity index (χ3n) is 11.1. The van der Waals surface area contributed by atoms with Gasteiger partial charge in [0.25, 0.3) is 0 Å². The Hall–Kier alpha value is -2.24. The fourth-order valence-corrected chi connectivity index (χ4v) is 7.19. The highest BCUT2D eigenvalue weighted by molar-refractivity contribution is 5.73. The summed E-state index contributed by atoms with van der Waals surface area (Å²) in [6, 6.07) is 0. The number of unbranched alkanes of at least 4 members (excludes halogenated alkanes) is 20. The van der Waals surface area contributed by atoms with Gasteiger partial charge in [0.2, 0.25) is 0 Å². The van der Waals surface area contributed by atoms with Crippen molar-refractivity contribution in [2.24, 2.45) is 11.8 Å². The molecule has 1 rings (SSSR count). The number of rotatable bonds is 42. The lowest BCUT2D eigenvalue weighted by Gasteiger charge is -2.20. The van der Waals surface area contributed by atoms with Crippen LogP contribution in [0.4, 0.5) is 0 Å². The van der Waals surface area contributed by atoms with Crippen LogP contribution in [0, 0.1) is 11.8 Å². The number of esters is 4. The fraction of sp³-hybridized carbons (Fsp3) is 0.917. The van der Waals surface area contributed by atoms with Gasteiger partial charge in [-0.2, -0.15) is 0 Å². The van der Waals surface area contributed by atoms with Crippen LogP contribution in [0.3, 0.4) is 0 Å². The van der Waals surface area contributed by atoms with Crippen LogP contribution in [0.2, 0.25) is 0 Å². The number of nitrogens with zero attached hydrogens (tertiary/aromatic N) is 1. The Morgan fingerprint density at radius 3 is 1.37 bits per heavy atom. The molecule has 1 aliphatic heterocycles. The van der Waals surface area contributed by atoms with Crippen LogP contribution >= 0.6 is 0 Å². The Balaban J connectivity index is 2.44. The Bertz CT molecular complexity index is 1010. The molecule has 0 N–H and O–H groups in total. The molecule has 0 aromatic carbocycles. The van der Waals surface area contributed by atoms with Gasteiger partial charge in [0.15, 0.2) is 6.29 Å². The van der Waals surface area contributed by atoms with E-state index in [2.05, 4.69) is 25.7 Å². The molecule has 2 unspecified atom stereocenters. The van der Waals surface area contributed by atoms with E-state index in [4.69, 9.17) is 28.4 Å². The minimum absolute atomic E-state index is 0.00424. The Morgan fingerprint density at radius 1 is 0.492 bits per heavy atom. The zero-order valence-corrected chi connectivity index (χ0v) is 38.4. The molecule has 0 aromatic rings. The van der Waals surface area contributed by atoms with Crippen LogP contribution < -0.4 is 0 Å². The van der Waals surface area contributed by atoms with Crippen LogP contribution in [0.1, 0.15) is 207 Å². The van der Waals surface area contributed by atoms with E-state index in [1.165, 1.54) is 77.0 Å². The van der Waals surface area contributed by atoms with E-state index in [1.54, 1.807) is 0 Å². The number of carbonyl (C=O) groups is 4. The number of hydrogen-bond acceptors (Lipinski definition) is 11. The summed E-state index contributed by atoms with van der Waals surface area (Å²) in [6.07, 6.45) is 28.1. The average molecular weight is 840 g/mol. The van der Waals surface area contributed by atoms with Gasteiger partial charge >= 0.3 is 23.9 Å². The van der Waals surface area contributed by atoms with Gasteiger partial charge in [-0.25, -0.2) is 0 Å². The second-order valence-electron chi connectivity index (χ2n) is 17.0. The molecule has 11 heteroatoms. The summed E-state index contributed by atoms with van der Waals surface area (Å²) in [4.78, 5) is 52.5. The normalized spacial score (nSPS) is 14.8.